The Morgan fingerprint density at radius 1 is 1.38 bits per heavy atom. The van der Waals surface area contributed by atoms with Gasteiger partial charge in [0, 0.05) is 24.5 Å². The van der Waals surface area contributed by atoms with Crippen LogP contribution in [0.2, 0.25) is 0 Å². The van der Waals surface area contributed by atoms with Crippen molar-refractivity contribution in [2.45, 2.75) is 13.0 Å². The van der Waals surface area contributed by atoms with E-state index in [-0.39, 0.29) is 11.6 Å². The minimum Gasteiger partial charge on any atom is -0.365 e. The summed E-state index contributed by atoms with van der Waals surface area (Å²) >= 11 is 1.54. The molecule has 0 aliphatic rings. The molecule has 1 atom stereocenters. The molecule has 0 saturated carbocycles. The number of hydrogen-bond acceptors (Lipinski definition) is 8. The Labute approximate surface area is 142 Å². The van der Waals surface area contributed by atoms with Gasteiger partial charge in [-0.25, -0.2) is 9.97 Å². The summed E-state index contributed by atoms with van der Waals surface area (Å²) in [5, 5.41) is 6.13. The van der Waals surface area contributed by atoms with Crippen molar-refractivity contribution in [3.05, 3.63) is 35.5 Å². The van der Waals surface area contributed by atoms with Crippen LogP contribution >= 0.6 is 11.3 Å². The molecule has 0 aliphatic carbocycles. The van der Waals surface area contributed by atoms with Gasteiger partial charge in [0.05, 0.1) is 15.7 Å². The van der Waals surface area contributed by atoms with Crippen LogP contribution in [0.3, 0.4) is 0 Å². The largest absolute Gasteiger partial charge is 0.365 e. The van der Waals surface area contributed by atoms with Crippen molar-refractivity contribution >= 4 is 44.9 Å². The number of aromatic nitrogens is 3. The number of nitrogens with two attached hydrogens (primary N) is 2. The zero-order valence-corrected chi connectivity index (χ0v) is 13.8. The highest BCUT2D eigenvalue weighted by atomic mass is 32.1. The Morgan fingerprint density at radius 2 is 2.21 bits per heavy atom. The fourth-order valence-corrected chi connectivity index (χ4v) is 2.78. The van der Waals surface area contributed by atoms with Crippen LogP contribution in [-0.4, -0.2) is 33.4 Å². The number of nitrogens with one attached hydrogen (secondary N) is 2. The van der Waals surface area contributed by atoms with Crippen LogP contribution in [-0.2, 0) is 0 Å². The summed E-state index contributed by atoms with van der Waals surface area (Å²) in [5.41, 5.74) is 14.8. The van der Waals surface area contributed by atoms with Crippen molar-refractivity contribution in [3.63, 3.8) is 0 Å². The molecule has 24 heavy (non-hydrogen) atoms. The van der Waals surface area contributed by atoms with E-state index >= 15 is 0 Å². The molecule has 0 fully saturated rings. The molecule has 0 unspecified atom stereocenters. The Kier molecular flexibility index (Phi) is 4.54. The SMILES string of the molecule is C[C@H](N)CNc1ncc(C(N)=O)c(Nc2ccc3ncsc3c2)n1. The first-order valence-corrected chi connectivity index (χ1v) is 8.17. The molecular formula is C15H17N7OS. The quantitative estimate of drug-likeness (QED) is 0.535. The number of primary amides is 1. The number of hydrogen-bond donors (Lipinski definition) is 4. The van der Waals surface area contributed by atoms with E-state index in [0.717, 1.165) is 15.9 Å². The highest BCUT2D eigenvalue weighted by molar-refractivity contribution is 7.16. The maximum atomic E-state index is 11.6. The number of anilines is 3. The molecule has 3 rings (SSSR count). The van der Waals surface area contributed by atoms with Gasteiger partial charge in [-0.1, -0.05) is 0 Å². The summed E-state index contributed by atoms with van der Waals surface area (Å²) in [6.07, 6.45) is 1.40. The zero-order valence-electron chi connectivity index (χ0n) is 13.0. The second-order valence-corrected chi connectivity index (χ2v) is 6.22. The highest BCUT2D eigenvalue weighted by Crippen LogP contribution is 2.25. The minimum absolute atomic E-state index is 0.0467. The number of fused-ring (bicyclic) bond motifs is 1. The first kappa shape index (κ1) is 16.1. The van der Waals surface area contributed by atoms with Crippen LogP contribution in [0.25, 0.3) is 10.2 Å². The number of benzene rings is 1. The molecule has 0 aliphatic heterocycles. The predicted molar refractivity (Wildman–Crippen MR) is 95.6 cm³/mol. The lowest BCUT2D eigenvalue weighted by Gasteiger charge is -2.12. The van der Waals surface area contributed by atoms with Gasteiger partial charge in [-0.15, -0.1) is 11.3 Å². The predicted octanol–water partition coefficient (Wildman–Crippen LogP) is 1.69. The molecule has 1 aromatic carbocycles. The van der Waals surface area contributed by atoms with Crippen molar-refractivity contribution < 1.29 is 4.79 Å². The monoisotopic (exact) mass is 343 g/mol. The van der Waals surface area contributed by atoms with Crippen molar-refractivity contribution in [2.75, 3.05) is 17.2 Å². The highest BCUT2D eigenvalue weighted by Gasteiger charge is 2.13. The van der Waals surface area contributed by atoms with Gasteiger partial charge in [0.15, 0.2) is 0 Å². The summed E-state index contributed by atoms with van der Waals surface area (Å²) in [6, 6.07) is 5.66. The fraction of sp³-hybridized carbons (Fsp3) is 0.200. The van der Waals surface area contributed by atoms with Gasteiger partial charge in [0.1, 0.15) is 11.4 Å². The van der Waals surface area contributed by atoms with Crippen molar-refractivity contribution in [1.82, 2.24) is 15.0 Å². The molecule has 124 valence electrons. The van der Waals surface area contributed by atoms with Gasteiger partial charge < -0.3 is 22.1 Å². The average Bonchev–Trinajstić information content (AvgIpc) is 3.00. The van der Waals surface area contributed by atoms with Crippen LogP contribution in [0.5, 0.6) is 0 Å². The zero-order chi connectivity index (χ0) is 17.1. The first-order chi connectivity index (χ1) is 11.5. The Balaban J connectivity index is 1.91. The van der Waals surface area contributed by atoms with E-state index in [1.807, 2.05) is 25.1 Å². The van der Waals surface area contributed by atoms with Gasteiger partial charge >= 0.3 is 0 Å². The van der Waals surface area contributed by atoms with E-state index in [4.69, 9.17) is 11.5 Å². The maximum Gasteiger partial charge on any atom is 0.254 e. The second kappa shape index (κ2) is 6.77. The summed E-state index contributed by atoms with van der Waals surface area (Å²) in [7, 11) is 0. The number of nitrogens with zero attached hydrogens (tertiary/aromatic N) is 3. The molecule has 8 nitrogen and oxygen atoms in total. The van der Waals surface area contributed by atoms with Gasteiger partial charge in [0.2, 0.25) is 5.95 Å². The lowest BCUT2D eigenvalue weighted by molar-refractivity contribution is 0.100. The number of thiazole rings is 1. The molecule has 0 spiro atoms. The van der Waals surface area contributed by atoms with Gasteiger partial charge in [0.25, 0.3) is 5.91 Å². The Morgan fingerprint density at radius 3 is 2.96 bits per heavy atom. The molecule has 2 heterocycles. The van der Waals surface area contributed by atoms with Crippen molar-refractivity contribution in [2.24, 2.45) is 11.5 Å². The van der Waals surface area contributed by atoms with E-state index in [0.29, 0.717) is 18.3 Å². The second-order valence-electron chi connectivity index (χ2n) is 5.34. The summed E-state index contributed by atoms with van der Waals surface area (Å²) in [4.78, 5) is 24.3. The molecule has 3 aromatic rings. The third kappa shape index (κ3) is 3.58. The third-order valence-corrected chi connectivity index (χ3v) is 4.02. The Bertz CT molecular complexity index is 877. The van der Waals surface area contributed by atoms with E-state index in [9.17, 15) is 4.79 Å². The standard InChI is InChI=1S/C15H17N7OS/c1-8(16)5-18-15-19-6-10(13(17)23)14(22-15)21-9-2-3-11-12(4-9)24-7-20-11/h2-4,6-8H,5,16H2,1H3,(H2,17,23)(H2,18,19,21,22)/t8-/m0/s1. The molecule has 1 amide bonds. The van der Waals surface area contributed by atoms with Crippen LogP contribution in [0.1, 0.15) is 17.3 Å². The molecule has 0 radical (unpaired) electrons. The van der Waals surface area contributed by atoms with E-state index < -0.39 is 5.91 Å². The van der Waals surface area contributed by atoms with Crippen LogP contribution in [0.15, 0.2) is 29.9 Å². The topological polar surface area (TPSA) is 132 Å². The van der Waals surface area contributed by atoms with Gasteiger partial charge in [-0.05, 0) is 25.1 Å². The van der Waals surface area contributed by atoms with Gasteiger partial charge in [-0.2, -0.15) is 4.98 Å². The molecule has 2 aromatic heterocycles. The maximum absolute atomic E-state index is 11.6. The van der Waals surface area contributed by atoms with Crippen LogP contribution < -0.4 is 22.1 Å². The lowest BCUT2D eigenvalue weighted by Crippen LogP contribution is -2.26. The molecule has 0 bridgehead atoms. The lowest BCUT2D eigenvalue weighted by atomic mass is 10.2. The van der Waals surface area contributed by atoms with Crippen LogP contribution in [0.4, 0.5) is 17.5 Å². The minimum atomic E-state index is -0.602. The van der Waals surface area contributed by atoms with E-state index in [1.54, 1.807) is 5.51 Å². The summed E-state index contributed by atoms with van der Waals surface area (Å²) in [6.45, 7) is 2.39. The summed E-state index contributed by atoms with van der Waals surface area (Å²) in [5.74, 6) is 0.113. The molecule has 9 heteroatoms. The first-order valence-electron chi connectivity index (χ1n) is 7.29. The van der Waals surface area contributed by atoms with Crippen molar-refractivity contribution in [3.8, 4) is 0 Å². The summed E-state index contributed by atoms with van der Waals surface area (Å²) < 4.78 is 1.03. The molecule has 0 saturated heterocycles. The van der Waals surface area contributed by atoms with E-state index in [2.05, 4.69) is 25.6 Å². The van der Waals surface area contributed by atoms with E-state index in [1.165, 1.54) is 17.5 Å². The number of amides is 1. The normalized spacial score (nSPS) is 12.1. The van der Waals surface area contributed by atoms with Crippen molar-refractivity contribution in [1.29, 1.82) is 0 Å². The number of carbonyl (C=O) groups is 1. The number of carbonyl (C=O) groups excluding carboxylic acids is 1. The van der Waals surface area contributed by atoms with Crippen LogP contribution in [0, 0.1) is 0 Å². The Hall–Kier alpha value is -2.78. The fourth-order valence-electron chi connectivity index (χ4n) is 2.06. The number of rotatable bonds is 6. The third-order valence-electron chi connectivity index (χ3n) is 3.23. The van der Waals surface area contributed by atoms with Gasteiger partial charge in [-0.3, -0.25) is 4.79 Å². The smallest absolute Gasteiger partial charge is 0.254 e. The molecular weight excluding hydrogens is 326 g/mol. The average molecular weight is 343 g/mol. The molecule has 6 N–H and O–H groups in total.